The predicted molar refractivity (Wildman–Crippen MR) is 191 cm³/mol. The summed E-state index contributed by atoms with van der Waals surface area (Å²) < 4.78 is 5.46. The molecule has 3 rings (SSSR count). The van der Waals surface area contributed by atoms with Crippen LogP contribution in [0, 0.1) is 17.3 Å². The number of hydrogen-bond acceptors (Lipinski definition) is 8. The Labute approximate surface area is 300 Å². The van der Waals surface area contributed by atoms with E-state index in [0.29, 0.717) is 56.9 Å². The van der Waals surface area contributed by atoms with Gasteiger partial charge in [-0.05, 0) is 66.7 Å². The minimum Gasteiger partial charge on any atom is -0.445 e. The van der Waals surface area contributed by atoms with E-state index in [-0.39, 0.29) is 55.2 Å². The highest BCUT2D eigenvalue weighted by molar-refractivity contribution is 5.98. The molecule has 2 unspecified atom stereocenters. The van der Waals surface area contributed by atoms with Crippen molar-refractivity contribution in [1.82, 2.24) is 25.8 Å². The zero-order valence-corrected chi connectivity index (χ0v) is 30.4. The standard InChI is InChI=1S/C36H55N7O8/c1-23(2)31(41-28(44)11-7-6-8-19-43-29(45)16-17-30(43)46)33(48)40-27(10-9-18-38-34(37)49)32(47)39-26-14-12-24(13-15-26)22-51-35(50)42-20-25(21-42)36(3,4)5/h12-17,23,25,27,29,31,45H,6-11,18-22H2,1-5H3,(H,39,47)(H,40,48)(H,41,44)(H3,37,38,49)/t27-,29?,31?/m0/s1. The van der Waals surface area contributed by atoms with Crippen LogP contribution in [-0.4, -0.2) is 95.2 Å². The quantitative estimate of drug-likeness (QED) is 0.124. The van der Waals surface area contributed by atoms with E-state index < -0.39 is 36.2 Å². The molecule has 2 aliphatic heterocycles. The van der Waals surface area contributed by atoms with Crippen LogP contribution in [0.1, 0.15) is 78.7 Å². The summed E-state index contributed by atoms with van der Waals surface area (Å²) in [4.78, 5) is 77.9. The first kappa shape index (κ1) is 40.8. The lowest BCUT2D eigenvalue weighted by atomic mass is 9.76. The van der Waals surface area contributed by atoms with Crippen molar-refractivity contribution in [2.75, 3.05) is 31.5 Å². The number of nitrogens with one attached hydrogen (secondary N) is 4. The van der Waals surface area contributed by atoms with Gasteiger partial charge in [-0.3, -0.25) is 19.2 Å². The van der Waals surface area contributed by atoms with E-state index in [9.17, 15) is 33.9 Å². The molecule has 7 N–H and O–H groups in total. The van der Waals surface area contributed by atoms with E-state index in [0.717, 1.165) is 5.56 Å². The van der Waals surface area contributed by atoms with Gasteiger partial charge in [-0.1, -0.05) is 53.2 Å². The van der Waals surface area contributed by atoms with Gasteiger partial charge in [0.05, 0.1) is 0 Å². The number of primary amides is 1. The Kier molecular flexibility index (Phi) is 15.3. The minimum absolute atomic E-state index is 0.0824. The Balaban J connectivity index is 1.50. The Morgan fingerprint density at radius 1 is 0.980 bits per heavy atom. The highest BCUT2D eigenvalue weighted by Crippen LogP contribution is 2.33. The van der Waals surface area contributed by atoms with E-state index >= 15 is 0 Å². The monoisotopic (exact) mass is 713 g/mol. The Hall–Kier alpha value is -4.66. The van der Waals surface area contributed by atoms with Crippen molar-refractivity contribution >= 4 is 41.4 Å². The van der Waals surface area contributed by atoms with Crippen LogP contribution >= 0.6 is 0 Å². The van der Waals surface area contributed by atoms with E-state index in [2.05, 4.69) is 42.0 Å². The van der Waals surface area contributed by atoms with Crippen molar-refractivity contribution in [1.29, 1.82) is 0 Å². The third-order valence-electron chi connectivity index (χ3n) is 9.13. The highest BCUT2D eigenvalue weighted by atomic mass is 16.6. The second-order valence-corrected chi connectivity index (χ2v) is 14.6. The minimum atomic E-state index is -0.988. The number of rotatable bonds is 18. The third kappa shape index (κ3) is 13.2. The number of likely N-dealkylation sites (tertiary alicyclic amines) is 1. The number of amides is 7. The van der Waals surface area contributed by atoms with Crippen molar-refractivity contribution in [3.63, 3.8) is 0 Å². The average Bonchev–Trinajstić information content (AvgIpc) is 3.35. The fourth-order valence-corrected chi connectivity index (χ4v) is 5.64. The maximum absolute atomic E-state index is 13.4. The van der Waals surface area contributed by atoms with Crippen LogP contribution in [0.3, 0.4) is 0 Å². The number of carbonyl (C=O) groups excluding carboxylic acids is 6. The van der Waals surface area contributed by atoms with Gasteiger partial charge in [-0.2, -0.15) is 0 Å². The van der Waals surface area contributed by atoms with Gasteiger partial charge < -0.3 is 46.6 Å². The number of urea groups is 1. The van der Waals surface area contributed by atoms with Crippen LogP contribution in [0.2, 0.25) is 0 Å². The fraction of sp³-hybridized carbons (Fsp3) is 0.611. The summed E-state index contributed by atoms with van der Waals surface area (Å²) in [6.45, 7) is 12.0. The van der Waals surface area contributed by atoms with E-state index in [4.69, 9.17) is 10.5 Å². The largest absolute Gasteiger partial charge is 0.445 e. The summed E-state index contributed by atoms with van der Waals surface area (Å²) in [5.74, 6) is -1.42. The lowest BCUT2D eigenvalue weighted by Crippen LogP contribution is -2.54. The smallest absolute Gasteiger partial charge is 0.410 e. The van der Waals surface area contributed by atoms with E-state index in [1.807, 2.05) is 0 Å². The van der Waals surface area contributed by atoms with Crippen molar-refractivity contribution in [2.45, 2.75) is 98.1 Å². The van der Waals surface area contributed by atoms with Gasteiger partial charge >= 0.3 is 12.1 Å². The van der Waals surface area contributed by atoms with Gasteiger partial charge in [-0.15, -0.1) is 0 Å². The first-order chi connectivity index (χ1) is 24.0. The summed E-state index contributed by atoms with van der Waals surface area (Å²) in [6.07, 6.45) is 3.95. The van der Waals surface area contributed by atoms with E-state index in [1.165, 1.54) is 17.1 Å². The molecule has 0 aliphatic carbocycles. The molecule has 1 aromatic carbocycles. The number of benzene rings is 1. The zero-order chi connectivity index (χ0) is 37.7. The molecular weight excluding hydrogens is 658 g/mol. The summed E-state index contributed by atoms with van der Waals surface area (Å²) in [5, 5.41) is 20.6. The second kappa shape index (κ2) is 19.1. The number of nitrogens with two attached hydrogens (primary N) is 1. The van der Waals surface area contributed by atoms with Crippen LogP contribution in [0.25, 0.3) is 0 Å². The maximum Gasteiger partial charge on any atom is 0.410 e. The van der Waals surface area contributed by atoms with Crippen molar-refractivity contribution in [2.24, 2.45) is 23.0 Å². The number of aliphatic hydroxyl groups is 1. The normalized spacial score (nSPS) is 17.1. The summed E-state index contributed by atoms with van der Waals surface area (Å²) in [6, 6.07) is 4.22. The molecule has 0 bridgehead atoms. The van der Waals surface area contributed by atoms with Gasteiger partial charge in [0.1, 0.15) is 24.9 Å². The molecule has 15 heteroatoms. The van der Waals surface area contributed by atoms with Gasteiger partial charge in [0.25, 0.3) is 0 Å². The number of unbranched alkanes of at least 4 members (excludes halogenated alkanes) is 2. The molecule has 1 aromatic rings. The molecule has 15 nitrogen and oxygen atoms in total. The number of ether oxygens (including phenoxy) is 1. The molecular formula is C36H55N7O8. The van der Waals surface area contributed by atoms with Crippen molar-refractivity contribution in [3.05, 3.63) is 42.0 Å². The molecule has 1 saturated heterocycles. The van der Waals surface area contributed by atoms with Crippen LogP contribution < -0.4 is 27.0 Å². The summed E-state index contributed by atoms with van der Waals surface area (Å²) in [7, 11) is 0. The molecule has 0 spiro atoms. The SMILES string of the molecule is CC(C)C(NC(=O)CCCCCN1C(=O)C=CC1O)C(=O)N[C@@H](CCCNC(N)=O)C(=O)Nc1ccc(COC(=O)N2CC(C(C)(C)C)C2)cc1. The lowest BCUT2D eigenvalue weighted by molar-refractivity contribution is -0.132. The Morgan fingerprint density at radius 2 is 1.67 bits per heavy atom. The van der Waals surface area contributed by atoms with Crippen molar-refractivity contribution in [3.8, 4) is 0 Å². The third-order valence-corrected chi connectivity index (χ3v) is 9.13. The van der Waals surface area contributed by atoms with Gasteiger partial charge in [0.15, 0.2) is 0 Å². The van der Waals surface area contributed by atoms with Crippen LogP contribution in [0.15, 0.2) is 36.4 Å². The number of nitrogens with zero attached hydrogens (tertiary/aromatic N) is 2. The van der Waals surface area contributed by atoms with Gasteiger partial charge in [-0.25, -0.2) is 9.59 Å². The molecule has 51 heavy (non-hydrogen) atoms. The molecule has 0 radical (unpaired) electrons. The number of carbonyl (C=O) groups is 6. The van der Waals surface area contributed by atoms with Gasteiger partial charge in [0.2, 0.25) is 23.6 Å². The van der Waals surface area contributed by atoms with Crippen LogP contribution in [0.5, 0.6) is 0 Å². The Morgan fingerprint density at radius 3 is 2.25 bits per heavy atom. The molecule has 2 aliphatic rings. The zero-order valence-electron chi connectivity index (χ0n) is 30.4. The molecule has 1 fully saturated rings. The number of hydrogen-bond donors (Lipinski definition) is 6. The average molecular weight is 714 g/mol. The Bertz CT molecular complexity index is 1400. The lowest BCUT2D eigenvalue weighted by Gasteiger charge is -2.45. The fourth-order valence-electron chi connectivity index (χ4n) is 5.64. The molecule has 0 aromatic heterocycles. The second-order valence-electron chi connectivity index (χ2n) is 14.6. The summed E-state index contributed by atoms with van der Waals surface area (Å²) >= 11 is 0. The number of aliphatic hydroxyl groups excluding tert-OH is 1. The predicted octanol–water partition coefficient (Wildman–Crippen LogP) is 2.59. The first-order valence-electron chi connectivity index (χ1n) is 17.7. The number of anilines is 1. The van der Waals surface area contributed by atoms with E-state index in [1.54, 1.807) is 43.0 Å². The first-order valence-corrected chi connectivity index (χ1v) is 17.7. The molecule has 3 atom stereocenters. The molecule has 282 valence electrons. The molecule has 7 amide bonds. The van der Waals surface area contributed by atoms with Crippen molar-refractivity contribution < 1.29 is 38.6 Å². The topological polar surface area (TPSA) is 212 Å². The summed E-state index contributed by atoms with van der Waals surface area (Å²) in [5.41, 5.74) is 6.50. The highest BCUT2D eigenvalue weighted by Gasteiger charge is 2.39. The molecule has 0 saturated carbocycles. The maximum atomic E-state index is 13.4. The van der Waals surface area contributed by atoms with Crippen LogP contribution in [0.4, 0.5) is 15.3 Å². The van der Waals surface area contributed by atoms with Gasteiger partial charge in [0, 0.05) is 44.4 Å². The molecule has 2 heterocycles. The van der Waals surface area contributed by atoms with Crippen LogP contribution in [-0.2, 0) is 30.5 Å².